The summed E-state index contributed by atoms with van der Waals surface area (Å²) in [6.07, 6.45) is 0. The minimum Gasteiger partial charge on any atom is -0.453 e. The SMILES string of the molecule is CC1(C)c2ccccc2N(c2ccccc2)c2cc3c(cc21)Oc1ccccc1N3c1ccc2c3ccccc3c3ccccc3c2c1. The Morgan fingerprint density at radius 3 is 1.67 bits per heavy atom. The van der Waals surface area contributed by atoms with E-state index in [1.165, 1.54) is 49.1 Å². The summed E-state index contributed by atoms with van der Waals surface area (Å²) >= 11 is 0. The number of para-hydroxylation sites is 4. The molecule has 0 atom stereocenters. The van der Waals surface area contributed by atoms with E-state index in [-0.39, 0.29) is 5.41 Å². The van der Waals surface area contributed by atoms with Crippen molar-refractivity contribution in [3.8, 4) is 11.5 Å². The summed E-state index contributed by atoms with van der Waals surface area (Å²) in [6, 6.07) is 57.0. The fourth-order valence-electron chi connectivity index (χ4n) is 8.12. The zero-order chi connectivity index (χ0) is 32.0. The van der Waals surface area contributed by atoms with Crippen molar-refractivity contribution in [1.29, 1.82) is 0 Å². The first-order chi connectivity index (χ1) is 23.6. The van der Waals surface area contributed by atoms with Crippen molar-refractivity contribution in [2.45, 2.75) is 19.3 Å². The molecule has 0 N–H and O–H groups in total. The van der Waals surface area contributed by atoms with Gasteiger partial charge in [0.1, 0.15) is 0 Å². The van der Waals surface area contributed by atoms with Gasteiger partial charge in [0, 0.05) is 16.8 Å². The molecule has 0 amide bonds. The van der Waals surface area contributed by atoms with Crippen molar-refractivity contribution in [3.63, 3.8) is 0 Å². The smallest absolute Gasteiger partial charge is 0.152 e. The third kappa shape index (κ3) is 3.76. The fraction of sp³-hybridized carbons (Fsp3) is 0.0667. The van der Waals surface area contributed by atoms with Crippen LogP contribution in [0, 0.1) is 0 Å². The maximum atomic E-state index is 6.77. The molecule has 2 heterocycles. The highest BCUT2D eigenvalue weighted by Gasteiger charge is 2.39. The molecule has 2 aliphatic rings. The molecule has 3 heteroatoms. The van der Waals surface area contributed by atoms with Gasteiger partial charge in [-0.1, -0.05) is 117 Å². The van der Waals surface area contributed by atoms with Crippen molar-refractivity contribution in [3.05, 3.63) is 169 Å². The molecule has 0 aromatic heterocycles. The van der Waals surface area contributed by atoms with E-state index in [0.717, 1.165) is 39.9 Å². The van der Waals surface area contributed by atoms with Gasteiger partial charge in [0.25, 0.3) is 0 Å². The summed E-state index contributed by atoms with van der Waals surface area (Å²) in [6.45, 7) is 4.65. The average Bonchev–Trinajstić information content (AvgIpc) is 3.14. The number of fused-ring (bicyclic) bond motifs is 10. The number of anilines is 6. The van der Waals surface area contributed by atoms with Crippen LogP contribution < -0.4 is 14.5 Å². The molecule has 48 heavy (non-hydrogen) atoms. The van der Waals surface area contributed by atoms with Crippen molar-refractivity contribution in [1.82, 2.24) is 0 Å². The first-order valence-electron chi connectivity index (χ1n) is 16.6. The minimum absolute atomic E-state index is 0.236. The van der Waals surface area contributed by atoms with Crippen molar-refractivity contribution in [2.75, 3.05) is 9.80 Å². The van der Waals surface area contributed by atoms with E-state index in [0.29, 0.717) is 0 Å². The summed E-state index contributed by atoms with van der Waals surface area (Å²) in [7, 11) is 0. The lowest BCUT2D eigenvalue weighted by molar-refractivity contribution is 0.474. The zero-order valence-corrected chi connectivity index (χ0v) is 26.8. The molecule has 8 aromatic rings. The fourth-order valence-corrected chi connectivity index (χ4v) is 8.12. The van der Waals surface area contributed by atoms with Crippen LogP contribution in [-0.4, -0.2) is 0 Å². The van der Waals surface area contributed by atoms with Crippen molar-refractivity contribution >= 4 is 66.4 Å². The second kappa shape index (κ2) is 9.97. The molecule has 2 aliphatic heterocycles. The van der Waals surface area contributed by atoms with E-state index < -0.39 is 0 Å². The first kappa shape index (κ1) is 27.1. The van der Waals surface area contributed by atoms with Gasteiger partial charge in [-0.05, 0) is 98.0 Å². The van der Waals surface area contributed by atoms with Crippen LogP contribution in [0.5, 0.6) is 11.5 Å². The van der Waals surface area contributed by atoms with E-state index in [1.807, 2.05) is 0 Å². The molecule has 10 rings (SSSR count). The summed E-state index contributed by atoms with van der Waals surface area (Å²) in [5.41, 5.74) is 8.94. The maximum absolute atomic E-state index is 6.77. The van der Waals surface area contributed by atoms with Gasteiger partial charge in [0.2, 0.25) is 0 Å². The largest absolute Gasteiger partial charge is 0.453 e. The Morgan fingerprint density at radius 2 is 0.938 bits per heavy atom. The number of rotatable bonds is 2. The van der Waals surface area contributed by atoms with Crippen molar-refractivity contribution in [2.24, 2.45) is 0 Å². The Morgan fingerprint density at radius 1 is 0.375 bits per heavy atom. The predicted molar refractivity (Wildman–Crippen MR) is 201 cm³/mol. The Labute approximate surface area is 279 Å². The molecule has 8 aromatic carbocycles. The third-order valence-corrected chi connectivity index (χ3v) is 10.4. The summed E-state index contributed by atoms with van der Waals surface area (Å²) in [5, 5.41) is 7.59. The molecule has 0 spiro atoms. The molecule has 228 valence electrons. The first-order valence-corrected chi connectivity index (χ1v) is 16.6. The molecule has 0 unspecified atom stereocenters. The maximum Gasteiger partial charge on any atom is 0.152 e. The number of hydrogen-bond acceptors (Lipinski definition) is 3. The molecule has 0 fully saturated rings. The Bertz CT molecular complexity index is 2550. The molecule has 0 saturated carbocycles. The Hall–Kier alpha value is -6.06. The predicted octanol–water partition coefficient (Wildman–Crippen LogP) is 12.8. The quantitative estimate of drug-likeness (QED) is 0.180. The summed E-state index contributed by atoms with van der Waals surface area (Å²) in [5.74, 6) is 1.71. The molecular formula is C45H32N2O. The molecule has 0 bridgehead atoms. The number of nitrogens with zero attached hydrogens (tertiary/aromatic N) is 2. The van der Waals surface area contributed by atoms with Crippen LogP contribution in [0.15, 0.2) is 158 Å². The van der Waals surface area contributed by atoms with Crippen LogP contribution >= 0.6 is 0 Å². The number of ether oxygens (including phenoxy) is 1. The molecular weight excluding hydrogens is 585 g/mol. The topological polar surface area (TPSA) is 15.7 Å². The van der Waals surface area contributed by atoms with E-state index in [1.54, 1.807) is 0 Å². The van der Waals surface area contributed by atoms with Crippen LogP contribution in [0.2, 0.25) is 0 Å². The lowest BCUT2D eigenvalue weighted by atomic mass is 9.73. The van der Waals surface area contributed by atoms with Crippen LogP contribution in [0.25, 0.3) is 32.3 Å². The second-order valence-corrected chi connectivity index (χ2v) is 13.4. The molecule has 0 aliphatic carbocycles. The molecule has 0 saturated heterocycles. The zero-order valence-electron chi connectivity index (χ0n) is 26.8. The van der Waals surface area contributed by atoms with Gasteiger partial charge in [-0.3, -0.25) is 0 Å². The van der Waals surface area contributed by atoms with E-state index in [2.05, 4.69) is 181 Å². The second-order valence-electron chi connectivity index (χ2n) is 13.4. The lowest BCUT2D eigenvalue weighted by Gasteiger charge is -2.43. The van der Waals surface area contributed by atoms with Gasteiger partial charge in [-0.15, -0.1) is 0 Å². The molecule has 0 radical (unpaired) electrons. The lowest BCUT2D eigenvalue weighted by Crippen LogP contribution is -2.31. The van der Waals surface area contributed by atoms with Crippen LogP contribution in [0.4, 0.5) is 34.1 Å². The third-order valence-electron chi connectivity index (χ3n) is 10.4. The average molecular weight is 617 g/mol. The Balaban J connectivity index is 1.26. The standard InChI is InChI=1S/C45H32N2O/c1-45(2)37-20-10-11-21-39(37)46(29-14-4-3-5-15-29)41-28-42-44(27-38(41)45)48-43-23-13-12-22-40(43)47(42)30-24-25-35-33-18-7-6-16-31(33)32-17-8-9-19-34(32)36(35)26-30/h3-28H,1-2H3. The highest BCUT2D eigenvalue weighted by molar-refractivity contribution is 6.25. The van der Waals surface area contributed by atoms with Gasteiger partial charge in [-0.2, -0.15) is 0 Å². The van der Waals surface area contributed by atoms with Crippen molar-refractivity contribution < 1.29 is 4.74 Å². The van der Waals surface area contributed by atoms with Gasteiger partial charge < -0.3 is 14.5 Å². The Kier molecular flexibility index (Phi) is 5.63. The number of hydrogen-bond donors (Lipinski definition) is 0. The number of benzene rings is 8. The van der Waals surface area contributed by atoms with Crippen LogP contribution in [-0.2, 0) is 5.41 Å². The van der Waals surface area contributed by atoms with E-state index >= 15 is 0 Å². The monoisotopic (exact) mass is 616 g/mol. The van der Waals surface area contributed by atoms with Gasteiger partial charge in [0.15, 0.2) is 11.5 Å². The normalized spacial score (nSPS) is 14.3. The molecule has 3 nitrogen and oxygen atoms in total. The van der Waals surface area contributed by atoms with Crippen LogP contribution in [0.3, 0.4) is 0 Å². The van der Waals surface area contributed by atoms with Gasteiger partial charge >= 0.3 is 0 Å². The van der Waals surface area contributed by atoms with Gasteiger partial charge in [0.05, 0.1) is 22.7 Å². The van der Waals surface area contributed by atoms with Gasteiger partial charge in [-0.25, -0.2) is 0 Å². The summed E-state index contributed by atoms with van der Waals surface area (Å²) in [4.78, 5) is 4.80. The highest BCUT2D eigenvalue weighted by atomic mass is 16.5. The highest BCUT2D eigenvalue weighted by Crippen LogP contribution is 2.58. The summed E-state index contributed by atoms with van der Waals surface area (Å²) < 4.78 is 6.77. The van der Waals surface area contributed by atoms with E-state index in [9.17, 15) is 0 Å². The van der Waals surface area contributed by atoms with E-state index in [4.69, 9.17) is 4.74 Å². The van der Waals surface area contributed by atoms with Crippen LogP contribution in [0.1, 0.15) is 25.0 Å². The minimum atomic E-state index is -0.236.